The molecule has 0 saturated heterocycles. The van der Waals surface area contributed by atoms with Crippen molar-refractivity contribution in [2.45, 2.75) is 17.1 Å². The minimum atomic E-state index is -1.33. The highest BCUT2D eigenvalue weighted by Gasteiger charge is 2.16. The number of hydrogen-bond donors (Lipinski definition) is 3. The Morgan fingerprint density at radius 2 is 1.22 bits per heavy atom. The second-order valence-electron chi connectivity index (χ2n) is 8.76. The minimum Gasteiger partial charge on any atom is -0.508 e. The van der Waals surface area contributed by atoms with Gasteiger partial charge in [0.05, 0.1) is 14.2 Å². The van der Waals surface area contributed by atoms with Crippen molar-refractivity contribution in [2.24, 2.45) is 0 Å². The molecule has 0 radical (unpaired) electrons. The normalized spacial score (nSPS) is 12.1. The Bertz CT molecular complexity index is 1500. The van der Waals surface area contributed by atoms with Gasteiger partial charge in [-0.3, -0.25) is 14.4 Å². The van der Waals surface area contributed by atoms with Gasteiger partial charge in [0, 0.05) is 6.08 Å². The molecular weight excluding hydrogens is 655 g/mol. The zero-order valence-corrected chi connectivity index (χ0v) is 26.4. The highest BCUT2D eigenvalue weighted by molar-refractivity contribution is 6.53. The van der Waals surface area contributed by atoms with Crippen molar-refractivity contribution in [2.75, 3.05) is 27.3 Å². The van der Waals surface area contributed by atoms with Crippen LogP contribution in [0, 0.1) is 0 Å². The molecule has 0 aliphatic rings. The van der Waals surface area contributed by atoms with Gasteiger partial charge in [0.1, 0.15) is 24.2 Å². The largest absolute Gasteiger partial charge is 0.508 e. The number of ketones is 1. The summed E-state index contributed by atoms with van der Waals surface area (Å²) in [7, 11) is 2.73. The van der Waals surface area contributed by atoms with E-state index in [0.717, 1.165) is 6.08 Å². The topological polar surface area (TPSA) is 167 Å². The molecule has 1 unspecified atom stereocenters. The van der Waals surface area contributed by atoms with Crippen molar-refractivity contribution in [3.05, 3.63) is 71.5 Å². The highest BCUT2D eigenvalue weighted by Crippen LogP contribution is 2.30. The van der Waals surface area contributed by atoms with Gasteiger partial charge in [-0.1, -0.05) is 47.5 Å². The summed E-state index contributed by atoms with van der Waals surface area (Å²) in [5.74, 6) is -3.09. The van der Waals surface area contributed by atoms with E-state index in [0.29, 0.717) is 11.1 Å². The molecule has 2 aromatic carbocycles. The van der Waals surface area contributed by atoms with Crippen molar-refractivity contribution in [1.82, 2.24) is 10.6 Å². The van der Waals surface area contributed by atoms with Crippen molar-refractivity contribution < 1.29 is 48.0 Å². The van der Waals surface area contributed by atoms with Crippen LogP contribution in [-0.4, -0.2) is 72.2 Å². The quantitative estimate of drug-likeness (QED) is 0.0626. The standard InChI is InChI=1S/C30H29Cl3N2O10/c1-17(31)29(40)34-15-26(38)44-22-10-6-18(12-24(22)42-2)4-8-20(36)14-21(37)9-5-19-7-11-23(25(13-19)43-3)45-27(39)16-35-30(41)28(32)33/h4-14,17,28,37H,15-16H2,1-3H3,(H,34,40)(H,35,41)/b8-4+,9-5+,21-14-. The van der Waals surface area contributed by atoms with Crippen LogP contribution in [0.25, 0.3) is 12.2 Å². The zero-order chi connectivity index (χ0) is 33.5. The SMILES string of the molecule is COc1cc(/C=C/C(=O)/C=C(O)/C=C/c2ccc(OC(=O)CNC(=O)C(Cl)Cl)c(OC)c2)ccc1OC(=O)CNC(=O)C(C)Cl. The van der Waals surface area contributed by atoms with Crippen LogP contribution in [0.3, 0.4) is 0 Å². The van der Waals surface area contributed by atoms with Crippen molar-refractivity contribution in [3.8, 4) is 23.0 Å². The molecule has 45 heavy (non-hydrogen) atoms. The predicted octanol–water partition coefficient (Wildman–Crippen LogP) is 3.92. The van der Waals surface area contributed by atoms with E-state index in [-0.39, 0.29) is 35.3 Å². The van der Waals surface area contributed by atoms with Crippen molar-refractivity contribution >= 4 is 76.5 Å². The number of hydrogen-bond acceptors (Lipinski definition) is 10. The van der Waals surface area contributed by atoms with E-state index >= 15 is 0 Å². The molecule has 1 atom stereocenters. The number of aliphatic hydroxyl groups excluding tert-OH is 1. The van der Waals surface area contributed by atoms with Gasteiger partial charge in [-0.05, 0) is 54.5 Å². The number of carbonyl (C=O) groups is 5. The number of carbonyl (C=O) groups excluding carboxylic acids is 5. The Morgan fingerprint density at radius 3 is 1.67 bits per heavy atom. The lowest BCUT2D eigenvalue weighted by Crippen LogP contribution is -2.35. The number of methoxy groups -OCH3 is 2. The van der Waals surface area contributed by atoms with E-state index in [4.69, 9.17) is 53.8 Å². The van der Waals surface area contributed by atoms with E-state index in [2.05, 4.69) is 10.6 Å². The number of alkyl halides is 3. The Labute approximate surface area is 273 Å². The summed E-state index contributed by atoms with van der Waals surface area (Å²) in [6.07, 6.45) is 6.43. The summed E-state index contributed by atoms with van der Waals surface area (Å²) in [5.41, 5.74) is 1.07. The van der Waals surface area contributed by atoms with Crippen molar-refractivity contribution in [1.29, 1.82) is 0 Å². The summed E-state index contributed by atoms with van der Waals surface area (Å²) < 4.78 is 20.9. The lowest BCUT2D eigenvalue weighted by molar-refractivity contribution is -0.135. The van der Waals surface area contributed by atoms with Gasteiger partial charge in [0.2, 0.25) is 5.91 Å². The van der Waals surface area contributed by atoms with Crippen LogP contribution in [0.2, 0.25) is 0 Å². The molecule has 0 aromatic heterocycles. The lowest BCUT2D eigenvalue weighted by Gasteiger charge is -2.11. The van der Waals surface area contributed by atoms with E-state index in [1.54, 1.807) is 12.1 Å². The maximum Gasteiger partial charge on any atom is 0.330 e. The average molecular weight is 684 g/mol. The maximum atomic E-state index is 12.3. The molecule has 0 aliphatic heterocycles. The third-order valence-electron chi connectivity index (χ3n) is 5.37. The summed E-state index contributed by atoms with van der Waals surface area (Å²) in [5, 5.41) is 13.9. The van der Waals surface area contributed by atoms with Crippen LogP contribution in [0.5, 0.6) is 23.0 Å². The first-order valence-corrected chi connectivity index (χ1v) is 14.2. The number of nitrogens with one attached hydrogen (secondary N) is 2. The van der Waals surface area contributed by atoms with Crippen LogP contribution in [0.4, 0.5) is 0 Å². The third-order valence-corrected chi connectivity index (χ3v) is 5.97. The molecule has 15 heteroatoms. The summed E-state index contributed by atoms with van der Waals surface area (Å²) >= 11 is 16.5. The number of rotatable bonds is 15. The number of amides is 2. The van der Waals surface area contributed by atoms with Gasteiger partial charge >= 0.3 is 11.9 Å². The Balaban J connectivity index is 2.00. The minimum absolute atomic E-state index is 0.0792. The first kappa shape index (κ1) is 36.7. The Hall–Kier alpha value is -4.52. The molecular formula is C30H29Cl3N2O10. The number of halogens is 3. The lowest BCUT2D eigenvalue weighted by atomic mass is 10.1. The molecule has 12 nitrogen and oxygen atoms in total. The molecule has 0 bridgehead atoms. The molecule has 3 N–H and O–H groups in total. The van der Waals surface area contributed by atoms with E-state index < -0.39 is 46.3 Å². The first-order chi connectivity index (χ1) is 21.3. The second-order valence-corrected chi connectivity index (χ2v) is 10.5. The van der Waals surface area contributed by atoms with Crippen LogP contribution >= 0.6 is 34.8 Å². The van der Waals surface area contributed by atoms with Gasteiger partial charge in [-0.15, -0.1) is 11.6 Å². The van der Waals surface area contributed by atoms with Gasteiger partial charge in [-0.25, -0.2) is 9.59 Å². The molecule has 0 spiro atoms. The molecule has 0 heterocycles. The number of ether oxygens (including phenoxy) is 4. The van der Waals surface area contributed by atoms with Crippen LogP contribution in [0.15, 0.2) is 60.4 Å². The van der Waals surface area contributed by atoms with Gasteiger partial charge in [-0.2, -0.15) is 0 Å². The van der Waals surface area contributed by atoms with Crippen LogP contribution in [-0.2, 0) is 24.0 Å². The fourth-order valence-electron chi connectivity index (χ4n) is 3.20. The van der Waals surface area contributed by atoms with E-state index in [9.17, 15) is 29.1 Å². The summed E-state index contributed by atoms with van der Waals surface area (Å²) in [6.45, 7) is 0.612. The Kier molecular flexibility index (Phi) is 14.9. The number of aliphatic hydroxyl groups is 1. The van der Waals surface area contributed by atoms with Crippen LogP contribution < -0.4 is 29.6 Å². The maximum absolute atomic E-state index is 12.3. The molecule has 0 aliphatic carbocycles. The summed E-state index contributed by atoms with van der Waals surface area (Å²) in [4.78, 5) is 57.9. The predicted molar refractivity (Wildman–Crippen MR) is 168 cm³/mol. The van der Waals surface area contributed by atoms with E-state index in [1.165, 1.54) is 69.7 Å². The molecule has 2 aromatic rings. The zero-order valence-electron chi connectivity index (χ0n) is 24.2. The molecule has 0 saturated carbocycles. The molecule has 0 fully saturated rings. The average Bonchev–Trinajstić information content (AvgIpc) is 3.01. The monoisotopic (exact) mass is 682 g/mol. The smallest absolute Gasteiger partial charge is 0.330 e. The highest BCUT2D eigenvalue weighted by atomic mass is 35.5. The number of allylic oxidation sites excluding steroid dienone is 3. The van der Waals surface area contributed by atoms with Gasteiger partial charge in [0.15, 0.2) is 33.6 Å². The van der Waals surface area contributed by atoms with E-state index in [1.807, 2.05) is 0 Å². The number of esters is 2. The molecule has 2 amide bonds. The fraction of sp³-hybridized carbons (Fsp3) is 0.233. The molecule has 240 valence electrons. The Morgan fingerprint density at radius 1 is 0.756 bits per heavy atom. The second kappa shape index (κ2) is 18.3. The van der Waals surface area contributed by atoms with Gasteiger partial charge < -0.3 is 34.7 Å². The third kappa shape index (κ3) is 12.9. The first-order valence-electron chi connectivity index (χ1n) is 12.9. The summed E-state index contributed by atoms with van der Waals surface area (Å²) in [6, 6.07) is 9.07. The fourth-order valence-corrected chi connectivity index (χ4v) is 3.43. The van der Waals surface area contributed by atoms with Crippen molar-refractivity contribution in [3.63, 3.8) is 0 Å². The van der Waals surface area contributed by atoms with Gasteiger partial charge in [0.25, 0.3) is 5.91 Å². The molecule has 2 rings (SSSR count). The van der Waals surface area contributed by atoms with Crippen LogP contribution in [0.1, 0.15) is 18.1 Å². The number of benzene rings is 2.